The predicted octanol–water partition coefficient (Wildman–Crippen LogP) is 6.45. The zero-order chi connectivity index (χ0) is 25.3. The van der Waals surface area contributed by atoms with Gasteiger partial charge in [-0.2, -0.15) is 13.2 Å². The van der Waals surface area contributed by atoms with Crippen LogP contribution < -0.4 is 10.4 Å². The van der Waals surface area contributed by atoms with E-state index in [2.05, 4.69) is 45.0 Å². The first kappa shape index (κ1) is 25.6. The average molecular weight is 503 g/mol. The highest BCUT2D eigenvalue weighted by Crippen LogP contribution is 2.40. The van der Waals surface area contributed by atoms with E-state index >= 15 is 0 Å². The number of benzene rings is 3. The fourth-order valence-electron chi connectivity index (χ4n) is 4.96. The third-order valence-corrected chi connectivity index (χ3v) is 11.6. The highest BCUT2D eigenvalue weighted by molar-refractivity contribution is 6.99. The molecule has 0 aromatic heterocycles. The number of ether oxygens (including phenoxy) is 1. The predicted molar refractivity (Wildman–Crippen MR) is 132 cm³/mol. The molecule has 0 amide bonds. The van der Waals surface area contributed by atoms with Gasteiger partial charge in [0, 0.05) is 6.42 Å². The average Bonchev–Trinajstić information content (AvgIpc) is 3.20. The van der Waals surface area contributed by atoms with E-state index < -0.39 is 38.4 Å². The minimum Gasteiger partial charge on any atom is -0.405 e. The van der Waals surface area contributed by atoms with Crippen molar-refractivity contribution in [1.29, 1.82) is 0 Å². The molecule has 1 saturated heterocycles. The normalized spacial score (nSPS) is 21.3. The van der Waals surface area contributed by atoms with E-state index in [1.165, 1.54) is 12.1 Å². The fraction of sp³-hybridized carbons (Fsp3) is 0.357. The molecule has 0 bridgehead atoms. The number of hydrogen-bond donors (Lipinski definition) is 0. The van der Waals surface area contributed by atoms with Crippen LogP contribution in [-0.2, 0) is 15.3 Å². The van der Waals surface area contributed by atoms with Gasteiger partial charge in [-0.1, -0.05) is 93.6 Å². The van der Waals surface area contributed by atoms with Gasteiger partial charge in [0.15, 0.2) is 0 Å². The molecule has 1 fully saturated rings. The Morgan fingerprint density at radius 1 is 0.829 bits per heavy atom. The van der Waals surface area contributed by atoms with Gasteiger partial charge in [-0.15, -0.1) is 0 Å². The summed E-state index contributed by atoms with van der Waals surface area (Å²) in [6.45, 7) is 6.69. The van der Waals surface area contributed by atoms with Crippen LogP contribution in [0, 0.1) is 0 Å². The van der Waals surface area contributed by atoms with Crippen molar-refractivity contribution in [3.05, 3.63) is 96.1 Å². The molecule has 3 unspecified atom stereocenters. The van der Waals surface area contributed by atoms with E-state index in [9.17, 15) is 17.6 Å². The van der Waals surface area contributed by atoms with Crippen LogP contribution in [0.2, 0.25) is 5.04 Å². The zero-order valence-corrected chi connectivity index (χ0v) is 21.1. The molecule has 186 valence electrons. The second-order valence-corrected chi connectivity index (χ2v) is 14.3. The first-order chi connectivity index (χ1) is 16.5. The van der Waals surface area contributed by atoms with Gasteiger partial charge in [-0.25, -0.2) is 4.39 Å². The third kappa shape index (κ3) is 5.22. The molecule has 7 heteroatoms. The van der Waals surface area contributed by atoms with Gasteiger partial charge in [0.1, 0.15) is 12.3 Å². The number of halogens is 4. The lowest BCUT2D eigenvalue weighted by Crippen LogP contribution is -2.67. The zero-order valence-electron chi connectivity index (χ0n) is 20.1. The Bertz CT molecular complexity index is 1060. The molecule has 3 aromatic carbocycles. The Kier molecular flexibility index (Phi) is 7.22. The number of alkyl halides is 4. The van der Waals surface area contributed by atoms with Crippen molar-refractivity contribution in [3.8, 4) is 0 Å². The SMILES string of the molecule is CC(C)(C)[Si](OCC1CC(F)C(c2ccc(C(F)(F)F)cc2)O1)(c1ccccc1)c1ccccc1. The molecular weight excluding hydrogens is 472 g/mol. The molecule has 35 heavy (non-hydrogen) atoms. The molecule has 2 nitrogen and oxygen atoms in total. The van der Waals surface area contributed by atoms with E-state index in [0.29, 0.717) is 5.56 Å². The number of rotatable bonds is 6. The molecule has 1 aliphatic heterocycles. The van der Waals surface area contributed by atoms with Crippen LogP contribution in [-0.4, -0.2) is 27.2 Å². The van der Waals surface area contributed by atoms with Crippen molar-refractivity contribution >= 4 is 18.7 Å². The van der Waals surface area contributed by atoms with Gasteiger partial charge in [0.25, 0.3) is 8.32 Å². The van der Waals surface area contributed by atoms with Crippen LogP contribution in [0.25, 0.3) is 0 Å². The first-order valence-corrected chi connectivity index (χ1v) is 13.6. The lowest BCUT2D eigenvalue weighted by Gasteiger charge is -2.43. The highest BCUT2D eigenvalue weighted by Gasteiger charge is 2.51. The summed E-state index contributed by atoms with van der Waals surface area (Å²) in [5.74, 6) is 0. The third-order valence-electron chi connectivity index (χ3n) is 6.62. The van der Waals surface area contributed by atoms with Crippen LogP contribution in [0.4, 0.5) is 17.6 Å². The minimum absolute atomic E-state index is 0.129. The van der Waals surface area contributed by atoms with Crippen LogP contribution in [0.5, 0.6) is 0 Å². The van der Waals surface area contributed by atoms with Crippen molar-refractivity contribution < 1.29 is 26.7 Å². The van der Waals surface area contributed by atoms with Gasteiger partial charge >= 0.3 is 6.18 Å². The first-order valence-electron chi connectivity index (χ1n) is 11.7. The molecule has 1 heterocycles. The molecule has 0 saturated carbocycles. The maximum atomic E-state index is 15.0. The second kappa shape index (κ2) is 9.88. The molecule has 3 atom stereocenters. The summed E-state index contributed by atoms with van der Waals surface area (Å²) in [5.41, 5.74) is -0.361. The topological polar surface area (TPSA) is 18.5 Å². The summed E-state index contributed by atoms with van der Waals surface area (Å²) in [6.07, 6.45) is -7.04. The largest absolute Gasteiger partial charge is 0.416 e. The Hall–Kier alpha value is -2.48. The lowest BCUT2D eigenvalue weighted by molar-refractivity contribution is -0.137. The van der Waals surface area contributed by atoms with Crippen molar-refractivity contribution in [1.82, 2.24) is 0 Å². The van der Waals surface area contributed by atoms with E-state index in [1.807, 2.05) is 36.4 Å². The van der Waals surface area contributed by atoms with E-state index in [1.54, 1.807) is 0 Å². The summed E-state index contributed by atoms with van der Waals surface area (Å²) in [4.78, 5) is 0. The van der Waals surface area contributed by atoms with Gasteiger partial charge in [-0.05, 0) is 33.1 Å². The molecule has 4 rings (SSSR count). The molecular formula is C28H30F4O2Si. The molecule has 0 aliphatic carbocycles. The molecule has 0 radical (unpaired) electrons. The van der Waals surface area contributed by atoms with E-state index in [4.69, 9.17) is 9.16 Å². The standard InChI is InChI=1S/C28H30F4O2Si/c1-27(2,3)35(23-10-6-4-7-11-23,24-12-8-5-9-13-24)33-19-22-18-25(29)26(34-22)20-14-16-21(17-15-20)28(30,31)32/h4-17,22,25-26H,18-19H2,1-3H3. The monoisotopic (exact) mass is 502 g/mol. The number of hydrogen-bond acceptors (Lipinski definition) is 2. The smallest absolute Gasteiger partial charge is 0.405 e. The van der Waals surface area contributed by atoms with Crippen molar-refractivity contribution in [2.75, 3.05) is 6.61 Å². The van der Waals surface area contributed by atoms with Gasteiger partial charge in [0.05, 0.1) is 18.3 Å². The summed E-state index contributed by atoms with van der Waals surface area (Å²) < 4.78 is 66.5. The van der Waals surface area contributed by atoms with Crippen molar-refractivity contribution in [3.63, 3.8) is 0 Å². The summed E-state index contributed by atoms with van der Waals surface area (Å²) in [5, 5.41) is 2.01. The Morgan fingerprint density at radius 3 is 1.80 bits per heavy atom. The summed E-state index contributed by atoms with van der Waals surface area (Å²) >= 11 is 0. The maximum absolute atomic E-state index is 15.0. The highest BCUT2D eigenvalue weighted by atomic mass is 28.4. The van der Waals surface area contributed by atoms with Gasteiger partial charge < -0.3 is 9.16 Å². The lowest BCUT2D eigenvalue weighted by atomic mass is 10.0. The Labute approximate surface area is 205 Å². The van der Waals surface area contributed by atoms with Gasteiger partial charge in [-0.3, -0.25) is 0 Å². The van der Waals surface area contributed by atoms with Crippen molar-refractivity contribution in [2.45, 2.75) is 56.8 Å². The van der Waals surface area contributed by atoms with Crippen LogP contribution in [0.15, 0.2) is 84.9 Å². The van der Waals surface area contributed by atoms with Crippen molar-refractivity contribution in [2.24, 2.45) is 0 Å². The van der Waals surface area contributed by atoms with Crippen LogP contribution >= 0.6 is 0 Å². The van der Waals surface area contributed by atoms with Crippen LogP contribution in [0.1, 0.15) is 44.4 Å². The van der Waals surface area contributed by atoms with E-state index in [0.717, 1.165) is 22.5 Å². The maximum Gasteiger partial charge on any atom is 0.416 e. The van der Waals surface area contributed by atoms with Crippen LogP contribution in [0.3, 0.4) is 0 Å². The summed E-state index contributed by atoms with van der Waals surface area (Å²) in [6, 6.07) is 24.8. The molecule has 0 N–H and O–H groups in total. The Morgan fingerprint density at radius 2 is 1.34 bits per heavy atom. The minimum atomic E-state index is -4.43. The molecule has 1 aliphatic rings. The molecule has 3 aromatic rings. The van der Waals surface area contributed by atoms with E-state index in [-0.39, 0.29) is 18.1 Å². The van der Waals surface area contributed by atoms with Gasteiger partial charge in [0.2, 0.25) is 0 Å². The fourth-order valence-corrected chi connectivity index (χ4v) is 9.55. The Balaban J connectivity index is 1.58. The molecule has 0 spiro atoms. The quantitative estimate of drug-likeness (QED) is 0.285. The summed E-state index contributed by atoms with van der Waals surface area (Å²) in [7, 11) is -2.80. The second-order valence-electron chi connectivity index (χ2n) is 10.0.